The molecule has 1 aliphatic rings. The van der Waals surface area contributed by atoms with Gasteiger partial charge in [0.1, 0.15) is 0 Å². The Bertz CT molecular complexity index is 551. The van der Waals surface area contributed by atoms with Crippen molar-refractivity contribution in [1.29, 1.82) is 0 Å². The number of carbonyl (C=O) groups excluding carboxylic acids is 2. The highest BCUT2D eigenvalue weighted by Crippen LogP contribution is 2.20. The van der Waals surface area contributed by atoms with E-state index >= 15 is 0 Å². The lowest BCUT2D eigenvalue weighted by molar-refractivity contribution is 0.0741. The van der Waals surface area contributed by atoms with Gasteiger partial charge in [-0.05, 0) is 44.9 Å². The van der Waals surface area contributed by atoms with E-state index in [1.165, 1.54) is 0 Å². The zero-order valence-electron chi connectivity index (χ0n) is 13.5. The standard InChI is InChI=1S/C16H24N4O2.ClH/c1-11(2)18-16(22)19-13-6-3-5-12(9-13)15(21)20-8-4-7-14(20)10-17;/h3,5-6,9,11,14H,4,7-8,10,17H2,1-2H3,(H2,18,19,22);1H. The molecule has 4 N–H and O–H groups in total. The Labute approximate surface area is 143 Å². The average molecular weight is 341 g/mol. The first kappa shape index (κ1) is 19.3. The number of likely N-dealkylation sites (tertiary alicyclic amines) is 1. The first-order valence-corrected chi connectivity index (χ1v) is 7.70. The summed E-state index contributed by atoms with van der Waals surface area (Å²) in [7, 11) is 0. The molecule has 0 spiro atoms. The number of hydrogen-bond donors (Lipinski definition) is 3. The van der Waals surface area contributed by atoms with Gasteiger partial charge in [0.2, 0.25) is 0 Å². The first-order chi connectivity index (χ1) is 10.5. The normalized spacial score (nSPS) is 16.9. The van der Waals surface area contributed by atoms with Gasteiger partial charge in [0.25, 0.3) is 5.91 Å². The number of nitrogens with zero attached hydrogens (tertiary/aromatic N) is 1. The summed E-state index contributed by atoms with van der Waals surface area (Å²) in [4.78, 5) is 26.1. The maximum Gasteiger partial charge on any atom is 0.319 e. The van der Waals surface area contributed by atoms with Gasteiger partial charge in [0.15, 0.2) is 0 Å². The molecular weight excluding hydrogens is 316 g/mol. The predicted molar refractivity (Wildman–Crippen MR) is 94.1 cm³/mol. The Kier molecular flexibility index (Phi) is 7.32. The van der Waals surface area contributed by atoms with Crippen molar-refractivity contribution in [2.45, 2.75) is 38.8 Å². The van der Waals surface area contributed by atoms with Crippen molar-refractivity contribution in [3.8, 4) is 0 Å². The average Bonchev–Trinajstić information content (AvgIpc) is 2.94. The maximum absolute atomic E-state index is 12.6. The van der Waals surface area contributed by atoms with E-state index in [0.29, 0.717) is 17.8 Å². The molecule has 1 fully saturated rings. The number of rotatable bonds is 4. The molecule has 6 nitrogen and oxygen atoms in total. The van der Waals surface area contributed by atoms with Crippen LogP contribution in [0.4, 0.5) is 10.5 Å². The van der Waals surface area contributed by atoms with Crippen molar-refractivity contribution in [3.63, 3.8) is 0 Å². The third-order valence-corrected chi connectivity index (χ3v) is 3.70. The number of nitrogens with one attached hydrogen (secondary N) is 2. The summed E-state index contributed by atoms with van der Waals surface area (Å²) in [6.45, 7) is 5.01. The number of anilines is 1. The SMILES string of the molecule is CC(C)NC(=O)Nc1cccc(C(=O)N2CCCC2CN)c1.Cl. The molecule has 1 saturated heterocycles. The Balaban J connectivity index is 0.00000264. The number of hydrogen-bond acceptors (Lipinski definition) is 3. The van der Waals surface area contributed by atoms with Crippen LogP contribution in [0.15, 0.2) is 24.3 Å². The second-order valence-electron chi connectivity index (χ2n) is 5.86. The molecule has 1 atom stereocenters. The molecule has 2 rings (SSSR count). The fourth-order valence-corrected chi connectivity index (χ4v) is 2.67. The van der Waals surface area contributed by atoms with Crippen molar-refractivity contribution in [1.82, 2.24) is 10.2 Å². The van der Waals surface area contributed by atoms with Crippen molar-refractivity contribution < 1.29 is 9.59 Å². The van der Waals surface area contributed by atoms with Crippen molar-refractivity contribution in [3.05, 3.63) is 29.8 Å². The number of benzene rings is 1. The van der Waals surface area contributed by atoms with E-state index in [1.807, 2.05) is 18.7 Å². The minimum absolute atomic E-state index is 0. The van der Waals surface area contributed by atoms with E-state index in [-0.39, 0.29) is 36.4 Å². The molecule has 1 aliphatic heterocycles. The molecule has 3 amide bonds. The second-order valence-corrected chi connectivity index (χ2v) is 5.86. The lowest BCUT2D eigenvalue weighted by atomic mass is 10.1. The number of nitrogens with two attached hydrogens (primary N) is 1. The van der Waals surface area contributed by atoms with Gasteiger partial charge < -0.3 is 21.3 Å². The van der Waals surface area contributed by atoms with Gasteiger partial charge in [-0.1, -0.05) is 6.07 Å². The Morgan fingerprint density at radius 2 is 2.13 bits per heavy atom. The summed E-state index contributed by atoms with van der Waals surface area (Å²) in [6, 6.07) is 6.90. The molecule has 1 unspecified atom stereocenters. The molecule has 0 aliphatic carbocycles. The van der Waals surface area contributed by atoms with Crippen LogP contribution in [0, 0.1) is 0 Å². The van der Waals surface area contributed by atoms with Gasteiger partial charge in [-0.2, -0.15) is 0 Å². The third-order valence-electron chi connectivity index (χ3n) is 3.70. The van der Waals surface area contributed by atoms with Crippen LogP contribution in [-0.2, 0) is 0 Å². The van der Waals surface area contributed by atoms with Crippen LogP contribution in [0.3, 0.4) is 0 Å². The molecule has 7 heteroatoms. The quantitative estimate of drug-likeness (QED) is 0.785. The summed E-state index contributed by atoms with van der Waals surface area (Å²) < 4.78 is 0. The molecule has 1 aromatic rings. The van der Waals surface area contributed by atoms with Crippen molar-refractivity contribution >= 4 is 30.0 Å². The number of halogens is 1. The van der Waals surface area contributed by atoms with Gasteiger partial charge in [-0.3, -0.25) is 4.79 Å². The molecule has 23 heavy (non-hydrogen) atoms. The van der Waals surface area contributed by atoms with Gasteiger partial charge in [0, 0.05) is 36.4 Å². The second kappa shape index (κ2) is 8.74. The fourth-order valence-electron chi connectivity index (χ4n) is 2.67. The van der Waals surface area contributed by atoms with E-state index in [2.05, 4.69) is 10.6 Å². The minimum atomic E-state index is -0.277. The third kappa shape index (κ3) is 5.11. The maximum atomic E-state index is 12.6. The predicted octanol–water partition coefficient (Wildman–Crippen LogP) is 2.20. The van der Waals surface area contributed by atoms with Gasteiger partial charge in [-0.15, -0.1) is 12.4 Å². The molecule has 1 aromatic carbocycles. The van der Waals surface area contributed by atoms with Crippen LogP contribution in [0.2, 0.25) is 0 Å². The topological polar surface area (TPSA) is 87.5 Å². The number of carbonyl (C=O) groups is 2. The van der Waals surface area contributed by atoms with E-state index in [9.17, 15) is 9.59 Å². The molecule has 0 saturated carbocycles. The summed E-state index contributed by atoms with van der Waals surface area (Å²) in [5, 5.41) is 5.49. The van der Waals surface area contributed by atoms with Crippen LogP contribution in [0.25, 0.3) is 0 Å². The highest BCUT2D eigenvalue weighted by Gasteiger charge is 2.28. The smallest absolute Gasteiger partial charge is 0.319 e. The van der Waals surface area contributed by atoms with Gasteiger partial charge in [-0.25, -0.2) is 4.79 Å². The van der Waals surface area contributed by atoms with Crippen LogP contribution < -0.4 is 16.4 Å². The zero-order valence-corrected chi connectivity index (χ0v) is 14.4. The van der Waals surface area contributed by atoms with Crippen LogP contribution in [0.5, 0.6) is 0 Å². The molecule has 128 valence electrons. The molecule has 0 radical (unpaired) electrons. The lowest BCUT2D eigenvalue weighted by Gasteiger charge is -2.23. The Morgan fingerprint density at radius 3 is 2.78 bits per heavy atom. The van der Waals surface area contributed by atoms with Crippen LogP contribution in [0.1, 0.15) is 37.0 Å². The van der Waals surface area contributed by atoms with Crippen LogP contribution in [-0.4, -0.2) is 42.0 Å². The first-order valence-electron chi connectivity index (χ1n) is 7.70. The zero-order chi connectivity index (χ0) is 16.1. The summed E-state index contributed by atoms with van der Waals surface area (Å²) in [5.74, 6) is -0.0270. The molecule has 0 bridgehead atoms. The largest absolute Gasteiger partial charge is 0.336 e. The van der Waals surface area contributed by atoms with E-state index in [1.54, 1.807) is 24.3 Å². The fraction of sp³-hybridized carbons (Fsp3) is 0.500. The van der Waals surface area contributed by atoms with Crippen molar-refractivity contribution in [2.75, 3.05) is 18.4 Å². The van der Waals surface area contributed by atoms with Gasteiger partial charge in [0.05, 0.1) is 0 Å². The molecule has 0 aromatic heterocycles. The highest BCUT2D eigenvalue weighted by molar-refractivity contribution is 5.97. The molecular formula is C16H25ClN4O2. The summed E-state index contributed by atoms with van der Waals surface area (Å²) in [5.41, 5.74) is 6.90. The van der Waals surface area contributed by atoms with E-state index < -0.39 is 0 Å². The van der Waals surface area contributed by atoms with Crippen LogP contribution >= 0.6 is 12.4 Å². The number of amides is 3. The lowest BCUT2D eigenvalue weighted by Crippen LogP contribution is -2.40. The van der Waals surface area contributed by atoms with E-state index in [0.717, 1.165) is 19.4 Å². The minimum Gasteiger partial charge on any atom is -0.336 e. The van der Waals surface area contributed by atoms with Gasteiger partial charge >= 0.3 is 6.03 Å². The Morgan fingerprint density at radius 1 is 1.39 bits per heavy atom. The number of urea groups is 1. The summed E-state index contributed by atoms with van der Waals surface area (Å²) in [6.07, 6.45) is 1.94. The molecule has 1 heterocycles. The monoisotopic (exact) mass is 340 g/mol. The Hall–Kier alpha value is -1.79. The highest BCUT2D eigenvalue weighted by atomic mass is 35.5. The van der Waals surface area contributed by atoms with Crippen molar-refractivity contribution in [2.24, 2.45) is 5.73 Å². The summed E-state index contributed by atoms with van der Waals surface area (Å²) >= 11 is 0. The van der Waals surface area contributed by atoms with E-state index in [4.69, 9.17) is 5.73 Å².